The van der Waals surface area contributed by atoms with Crippen LogP contribution in [-0.4, -0.2) is 40.0 Å². The molecule has 0 saturated heterocycles. The molecule has 5 nitrogen and oxygen atoms in total. The van der Waals surface area contributed by atoms with E-state index >= 15 is 0 Å². The first-order chi connectivity index (χ1) is 11.6. The molecule has 0 saturated carbocycles. The summed E-state index contributed by atoms with van der Waals surface area (Å²) in [7, 11) is 6.31. The maximum absolute atomic E-state index is 12.7. The van der Waals surface area contributed by atoms with Crippen molar-refractivity contribution in [1.82, 2.24) is 0 Å². The van der Waals surface area contributed by atoms with Crippen LogP contribution in [0.3, 0.4) is 0 Å². The minimum atomic E-state index is -0.0723. The average Bonchev–Trinajstić information content (AvgIpc) is 2.74. The first kappa shape index (κ1) is 16.1. The lowest BCUT2D eigenvalue weighted by atomic mass is 9.93. The number of methoxy groups -OCH3 is 3. The molecule has 3 rings (SSSR count). The third-order valence-electron chi connectivity index (χ3n) is 4.19. The molecular formula is C19H19O5+. The summed E-state index contributed by atoms with van der Waals surface area (Å²) in [4.78, 5) is 12.7. The normalized spacial score (nSPS) is 17.9. The lowest BCUT2D eigenvalue weighted by molar-refractivity contribution is -0.419. The predicted molar refractivity (Wildman–Crippen MR) is 89.8 cm³/mol. The molecule has 24 heavy (non-hydrogen) atoms. The van der Waals surface area contributed by atoms with Gasteiger partial charge in [-0.15, -0.1) is 0 Å². The zero-order chi connectivity index (χ0) is 17.3. The molecular weight excluding hydrogens is 308 g/mol. The molecule has 124 valence electrons. The molecule has 0 spiro atoms. The van der Waals surface area contributed by atoms with E-state index in [9.17, 15) is 4.79 Å². The van der Waals surface area contributed by atoms with E-state index in [1.54, 1.807) is 40.6 Å². The van der Waals surface area contributed by atoms with Crippen molar-refractivity contribution >= 4 is 11.6 Å². The van der Waals surface area contributed by atoms with Crippen LogP contribution in [0, 0.1) is 0 Å². The Balaban J connectivity index is 2.15. The van der Waals surface area contributed by atoms with Gasteiger partial charge >= 0.3 is 5.78 Å². The number of carbonyl (C=O) groups is 1. The maximum Gasteiger partial charge on any atom is 0.384 e. The number of hydrogen-bond acceptors (Lipinski definition) is 4. The van der Waals surface area contributed by atoms with E-state index in [-0.39, 0.29) is 5.78 Å². The lowest BCUT2D eigenvalue weighted by Crippen LogP contribution is -2.12. The number of allylic oxidation sites excluding steroid dienone is 5. The fourth-order valence-electron chi connectivity index (χ4n) is 2.95. The minimum Gasteiger partial charge on any atom is -0.493 e. The second-order valence-corrected chi connectivity index (χ2v) is 5.46. The number of benzene rings is 1. The number of fused-ring (bicyclic) bond motifs is 2. The zero-order valence-electron chi connectivity index (χ0n) is 14.1. The van der Waals surface area contributed by atoms with Gasteiger partial charge in [-0.05, 0) is 47.4 Å². The fraction of sp³-hybridized carbons (Fsp3) is 0.263. The number of rotatable bonds is 3. The van der Waals surface area contributed by atoms with Crippen LogP contribution in [0.4, 0.5) is 0 Å². The standard InChI is InChI=1S/C19H19O5/c1-21-16-7-11-5-13-9-18(23-3)19(24-4)10-14(13)15(20)6-12(11)8-17(16)22-2/h6-10H,5H2,1-4H3/q+1. The average molecular weight is 327 g/mol. The van der Waals surface area contributed by atoms with Gasteiger partial charge in [0.2, 0.25) is 5.76 Å². The van der Waals surface area contributed by atoms with E-state index in [4.69, 9.17) is 18.6 Å². The summed E-state index contributed by atoms with van der Waals surface area (Å²) < 4.78 is 21.4. The van der Waals surface area contributed by atoms with Crippen molar-refractivity contribution in [3.8, 4) is 11.5 Å². The second kappa shape index (κ2) is 6.35. The summed E-state index contributed by atoms with van der Waals surface area (Å²) in [6, 6.07) is 3.58. The fourth-order valence-corrected chi connectivity index (χ4v) is 2.95. The molecule has 0 aromatic heterocycles. The first-order valence-electron chi connectivity index (χ1n) is 7.50. The van der Waals surface area contributed by atoms with Gasteiger partial charge in [-0.25, -0.2) is 0 Å². The summed E-state index contributed by atoms with van der Waals surface area (Å²) in [6.07, 6.45) is 5.94. The first-order valence-corrected chi connectivity index (χ1v) is 7.50. The minimum absolute atomic E-state index is 0.0723. The molecule has 2 aliphatic rings. The van der Waals surface area contributed by atoms with Crippen LogP contribution in [0.5, 0.6) is 11.5 Å². The van der Waals surface area contributed by atoms with Crippen molar-refractivity contribution in [2.45, 2.75) is 6.42 Å². The Kier molecular flexibility index (Phi) is 4.25. The quantitative estimate of drug-likeness (QED) is 0.801. The Morgan fingerprint density at radius 1 is 0.958 bits per heavy atom. The molecule has 0 unspecified atom stereocenters. The predicted octanol–water partition coefficient (Wildman–Crippen LogP) is 2.57. The third kappa shape index (κ3) is 2.62. The highest BCUT2D eigenvalue weighted by Crippen LogP contribution is 2.36. The van der Waals surface area contributed by atoms with Gasteiger partial charge in [-0.3, -0.25) is 9.22 Å². The van der Waals surface area contributed by atoms with E-state index in [0.717, 1.165) is 16.7 Å². The maximum atomic E-state index is 12.7. The van der Waals surface area contributed by atoms with Crippen LogP contribution in [-0.2, 0) is 15.6 Å². The monoisotopic (exact) mass is 327 g/mol. The van der Waals surface area contributed by atoms with Crippen LogP contribution in [0.25, 0.3) is 0 Å². The number of ketones is 2. The highest BCUT2D eigenvalue weighted by atomic mass is 16.5. The smallest absolute Gasteiger partial charge is 0.384 e. The van der Waals surface area contributed by atoms with Crippen molar-refractivity contribution in [3.05, 3.63) is 58.4 Å². The van der Waals surface area contributed by atoms with Gasteiger partial charge in [0, 0.05) is 5.56 Å². The molecule has 0 radical (unpaired) electrons. The van der Waals surface area contributed by atoms with Gasteiger partial charge in [-0.2, -0.15) is 0 Å². The molecule has 0 fully saturated rings. The van der Waals surface area contributed by atoms with Gasteiger partial charge in [0.05, 0.1) is 27.4 Å². The van der Waals surface area contributed by atoms with Crippen LogP contribution < -0.4 is 9.47 Å². The second-order valence-electron chi connectivity index (χ2n) is 5.46. The number of ether oxygens (including phenoxy) is 3. The van der Waals surface area contributed by atoms with Crippen molar-refractivity contribution in [1.29, 1.82) is 0 Å². The molecule has 2 aliphatic carbocycles. The van der Waals surface area contributed by atoms with Crippen molar-refractivity contribution in [2.75, 3.05) is 28.4 Å². The molecule has 0 N–H and O–H groups in total. The van der Waals surface area contributed by atoms with Crippen molar-refractivity contribution in [3.63, 3.8) is 0 Å². The van der Waals surface area contributed by atoms with Crippen LogP contribution in [0.15, 0.2) is 47.3 Å². The number of hydrogen-bond donors (Lipinski definition) is 0. The van der Waals surface area contributed by atoms with E-state index in [2.05, 4.69) is 0 Å². The molecule has 1 aromatic carbocycles. The van der Waals surface area contributed by atoms with Crippen LogP contribution in [0.1, 0.15) is 15.9 Å². The molecule has 5 heteroatoms. The Morgan fingerprint density at radius 3 is 2.29 bits per heavy atom. The van der Waals surface area contributed by atoms with Crippen molar-refractivity contribution < 1.29 is 23.4 Å². The molecule has 0 heterocycles. The molecule has 0 atom stereocenters. The van der Waals surface area contributed by atoms with Gasteiger partial charge in [0.25, 0.3) is 7.11 Å². The van der Waals surface area contributed by atoms with Gasteiger partial charge in [0.15, 0.2) is 17.3 Å². The van der Waals surface area contributed by atoms with E-state index < -0.39 is 0 Å². The summed E-state index contributed by atoms with van der Waals surface area (Å²) >= 11 is 0. The Labute approximate surface area is 140 Å². The van der Waals surface area contributed by atoms with E-state index in [1.807, 2.05) is 18.2 Å². The van der Waals surface area contributed by atoms with Gasteiger partial charge in [-0.1, -0.05) is 0 Å². The zero-order valence-corrected chi connectivity index (χ0v) is 14.1. The van der Waals surface area contributed by atoms with Crippen molar-refractivity contribution in [2.24, 2.45) is 0 Å². The molecule has 0 amide bonds. The van der Waals surface area contributed by atoms with Gasteiger partial charge < -0.3 is 14.2 Å². The topological polar surface area (TPSA) is 56.1 Å². The van der Waals surface area contributed by atoms with Gasteiger partial charge in [0.1, 0.15) is 0 Å². The van der Waals surface area contributed by atoms with E-state index in [0.29, 0.717) is 35.0 Å². The number of carbonyl (C=O) groups excluding carboxylic acids is 2. The molecule has 0 bridgehead atoms. The molecule has 1 aromatic rings. The summed E-state index contributed by atoms with van der Waals surface area (Å²) in [6.45, 7) is 0. The summed E-state index contributed by atoms with van der Waals surface area (Å²) in [5.41, 5.74) is 3.32. The van der Waals surface area contributed by atoms with Crippen LogP contribution in [0.2, 0.25) is 0 Å². The highest BCUT2D eigenvalue weighted by molar-refractivity contribution is 6.11. The molecule has 0 aliphatic heterocycles. The van der Waals surface area contributed by atoms with E-state index in [1.165, 1.54) is 0 Å². The third-order valence-corrected chi connectivity index (χ3v) is 4.19. The Bertz CT molecular complexity index is 824. The Hall–Kier alpha value is -2.82. The summed E-state index contributed by atoms with van der Waals surface area (Å²) in [5.74, 6) is 2.31. The largest absolute Gasteiger partial charge is 0.493 e. The summed E-state index contributed by atoms with van der Waals surface area (Å²) in [5, 5.41) is 0. The lowest BCUT2D eigenvalue weighted by Gasteiger charge is -2.14. The Morgan fingerprint density at radius 2 is 1.67 bits per heavy atom. The van der Waals surface area contributed by atoms with Crippen LogP contribution >= 0.6 is 0 Å². The SMILES string of the molecule is COC1=CC2=CC(=O)c3cc(OC)c(OC)cc3CC2=CC1=[O+]C. The highest BCUT2D eigenvalue weighted by Gasteiger charge is 2.28.